The largest absolute Gasteiger partial charge is 0.486 e. The monoisotopic (exact) mass is 372 g/mol. The quantitative estimate of drug-likeness (QED) is 0.809. The van der Waals surface area contributed by atoms with Gasteiger partial charge in [-0.05, 0) is 48.2 Å². The highest BCUT2D eigenvalue weighted by Crippen LogP contribution is 2.31. The Kier molecular flexibility index (Phi) is 5.13. The van der Waals surface area contributed by atoms with Gasteiger partial charge in [-0.1, -0.05) is 6.07 Å². The maximum absolute atomic E-state index is 12.5. The van der Waals surface area contributed by atoms with Crippen molar-refractivity contribution in [3.8, 4) is 11.5 Å². The molecule has 0 saturated heterocycles. The van der Waals surface area contributed by atoms with Gasteiger partial charge in [-0.25, -0.2) is 0 Å². The van der Waals surface area contributed by atoms with E-state index in [2.05, 4.69) is 29.5 Å². The number of amides is 1. The van der Waals surface area contributed by atoms with E-state index in [1.54, 1.807) is 11.3 Å². The molecular formula is C20H24N2O3S. The molecule has 0 bridgehead atoms. The van der Waals surface area contributed by atoms with Crippen LogP contribution in [0.1, 0.15) is 22.4 Å². The number of hydrogen-bond donors (Lipinski definition) is 0. The van der Waals surface area contributed by atoms with E-state index in [1.165, 1.54) is 16.0 Å². The molecule has 6 heteroatoms. The molecule has 5 nitrogen and oxygen atoms in total. The fourth-order valence-corrected chi connectivity index (χ4v) is 4.37. The Bertz CT molecular complexity index is 789. The standard InChI is InChI=1S/C20H24N2O3S/c1-21(13-15-2-3-17-18(12-15)25-10-9-24-17)7-5-20(23)22-8-4-19-16(14-22)6-11-26-19/h2-3,6,11-12H,4-5,7-10,13-14H2,1H3. The third kappa shape index (κ3) is 3.86. The van der Waals surface area contributed by atoms with E-state index >= 15 is 0 Å². The van der Waals surface area contributed by atoms with Crippen LogP contribution in [0.2, 0.25) is 0 Å². The number of rotatable bonds is 5. The molecule has 0 radical (unpaired) electrons. The van der Waals surface area contributed by atoms with Gasteiger partial charge in [-0.3, -0.25) is 4.79 Å². The second-order valence-corrected chi connectivity index (χ2v) is 7.90. The number of carbonyl (C=O) groups is 1. The van der Waals surface area contributed by atoms with Crippen LogP contribution >= 0.6 is 11.3 Å². The number of fused-ring (bicyclic) bond motifs is 2. The van der Waals surface area contributed by atoms with E-state index in [1.807, 2.05) is 17.0 Å². The smallest absolute Gasteiger partial charge is 0.224 e. The molecule has 0 spiro atoms. The van der Waals surface area contributed by atoms with Crippen molar-refractivity contribution in [2.45, 2.75) is 25.9 Å². The van der Waals surface area contributed by atoms with E-state index in [0.29, 0.717) is 19.6 Å². The zero-order valence-electron chi connectivity index (χ0n) is 15.1. The zero-order valence-corrected chi connectivity index (χ0v) is 15.9. The van der Waals surface area contributed by atoms with Gasteiger partial charge in [-0.15, -0.1) is 11.3 Å². The Labute approximate surface area is 158 Å². The number of ether oxygens (including phenoxy) is 2. The van der Waals surface area contributed by atoms with Crippen molar-refractivity contribution >= 4 is 17.2 Å². The van der Waals surface area contributed by atoms with Crippen molar-refractivity contribution in [2.24, 2.45) is 0 Å². The summed E-state index contributed by atoms with van der Waals surface area (Å²) in [6, 6.07) is 8.21. The first kappa shape index (κ1) is 17.4. The summed E-state index contributed by atoms with van der Waals surface area (Å²) >= 11 is 1.80. The first-order valence-corrected chi connectivity index (χ1v) is 9.97. The molecule has 1 aromatic heterocycles. The van der Waals surface area contributed by atoms with Gasteiger partial charge in [0.25, 0.3) is 0 Å². The van der Waals surface area contributed by atoms with Gasteiger partial charge in [-0.2, -0.15) is 0 Å². The average molecular weight is 372 g/mol. The van der Waals surface area contributed by atoms with Crippen molar-refractivity contribution in [3.63, 3.8) is 0 Å². The molecule has 2 aliphatic heterocycles. The maximum atomic E-state index is 12.5. The van der Waals surface area contributed by atoms with Crippen LogP contribution in [-0.4, -0.2) is 49.1 Å². The Morgan fingerprint density at radius 1 is 1.23 bits per heavy atom. The number of carbonyl (C=O) groups excluding carboxylic acids is 1. The zero-order chi connectivity index (χ0) is 17.9. The summed E-state index contributed by atoms with van der Waals surface area (Å²) in [7, 11) is 2.05. The van der Waals surface area contributed by atoms with Crippen molar-refractivity contribution in [2.75, 3.05) is 33.4 Å². The summed E-state index contributed by atoms with van der Waals surface area (Å²) in [5.74, 6) is 1.88. The van der Waals surface area contributed by atoms with Crippen LogP contribution in [0.15, 0.2) is 29.6 Å². The summed E-state index contributed by atoms with van der Waals surface area (Å²) in [5.41, 5.74) is 2.49. The minimum Gasteiger partial charge on any atom is -0.486 e. The minimum atomic E-state index is 0.246. The summed E-state index contributed by atoms with van der Waals surface area (Å²) < 4.78 is 11.2. The lowest BCUT2D eigenvalue weighted by Gasteiger charge is -2.28. The van der Waals surface area contributed by atoms with Crippen molar-refractivity contribution in [3.05, 3.63) is 45.6 Å². The second-order valence-electron chi connectivity index (χ2n) is 6.90. The summed E-state index contributed by atoms with van der Waals surface area (Å²) in [5, 5.41) is 2.12. The summed E-state index contributed by atoms with van der Waals surface area (Å²) in [6.45, 7) is 4.36. The van der Waals surface area contributed by atoms with Crippen LogP contribution in [0, 0.1) is 0 Å². The second kappa shape index (κ2) is 7.68. The maximum Gasteiger partial charge on any atom is 0.224 e. The predicted molar refractivity (Wildman–Crippen MR) is 102 cm³/mol. The molecule has 4 rings (SSSR count). The number of benzene rings is 1. The number of thiophene rings is 1. The topological polar surface area (TPSA) is 42.0 Å². The van der Waals surface area contributed by atoms with Crippen LogP contribution < -0.4 is 9.47 Å². The van der Waals surface area contributed by atoms with Gasteiger partial charge in [0, 0.05) is 37.5 Å². The highest BCUT2D eigenvalue weighted by atomic mass is 32.1. The van der Waals surface area contributed by atoms with E-state index in [-0.39, 0.29) is 5.91 Å². The number of nitrogens with zero attached hydrogens (tertiary/aromatic N) is 2. The molecule has 2 aliphatic rings. The Balaban J connectivity index is 1.27. The van der Waals surface area contributed by atoms with Crippen LogP contribution in [0.4, 0.5) is 0 Å². The summed E-state index contributed by atoms with van der Waals surface area (Å²) in [4.78, 5) is 18.2. The molecule has 0 fully saturated rings. The van der Waals surface area contributed by atoms with Crippen LogP contribution in [0.25, 0.3) is 0 Å². The van der Waals surface area contributed by atoms with Crippen molar-refractivity contribution in [1.29, 1.82) is 0 Å². The normalized spacial score (nSPS) is 15.8. The lowest BCUT2D eigenvalue weighted by Crippen LogP contribution is -2.37. The first-order valence-electron chi connectivity index (χ1n) is 9.09. The molecule has 0 atom stereocenters. The predicted octanol–water partition coefficient (Wildman–Crippen LogP) is 2.93. The molecule has 0 aliphatic carbocycles. The number of hydrogen-bond acceptors (Lipinski definition) is 5. The van der Waals surface area contributed by atoms with E-state index in [0.717, 1.165) is 44.1 Å². The lowest BCUT2D eigenvalue weighted by molar-refractivity contribution is -0.132. The van der Waals surface area contributed by atoms with E-state index < -0.39 is 0 Å². The summed E-state index contributed by atoms with van der Waals surface area (Å²) in [6.07, 6.45) is 1.55. The molecule has 138 valence electrons. The third-order valence-electron chi connectivity index (χ3n) is 4.93. The van der Waals surface area contributed by atoms with E-state index in [9.17, 15) is 4.79 Å². The van der Waals surface area contributed by atoms with Gasteiger partial charge in [0.15, 0.2) is 11.5 Å². The molecular weight excluding hydrogens is 348 g/mol. The fraction of sp³-hybridized carbons (Fsp3) is 0.450. The van der Waals surface area contributed by atoms with Crippen LogP contribution in [-0.2, 0) is 24.3 Å². The Hall–Kier alpha value is -2.05. The molecule has 3 heterocycles. The lowest BCUT2D eigenvalue weighted by atomic mass is 10.1. The van der Waals surface area contributed by atoms with Gasteiger partial charge >= 0.3 is 0 Å². The van der Waals surface area contributed by atoms with Gasteiger partial charge < -0.3 is 19.3 Å². The van der Waals surface area contributed by atoms with Crippen molar-refractivity contribution < 1.29 is 14.3 Å². The van der Waals surface area contributed by atoms with Gasteiger partial charge in [0.2, 0.25) is 5.91 Å². The Morgan fingerprint density at radius 3 is 2.96 bits per heavy atom. The molecule has 1 amide bonds. The average Bonchev–Trinajstić information content (AvgIpc) is 3.14. The van der Waals surface area contributed by atoms with Gasteiger partial charge in [0.1, 0.15) is 13.2 Å². The van der Waals surface area contributed by atoms with Crippen LogP contribution in [0.3, 0.4) is 0 Å². The molecule has 26 heavy (non-hydrogen) atoms. The molecule has 0 N–H and O–H groups in total. The van der Waals surface area contributed by atoms with Crippen LogP contribution in [0.5, 0.6) is 11.5 Å². The highest BCUT2D eigenvalue weighted by Gasteiger charge is 2.21. The highest BCUT2D eigenvalue weighted by molar-refractivity contribution is 7.10. The van der Waals surface area contributed by atoms with Gasteiger partial charge in [0.05, 0.1) is 0 Å². The van der Waals surface area contributed by atoms with Crippen molar-refractivity contribution in [1.82, 2.24) is 9.80 Å². The van der Waals surface area contributed by atoms with E-state index in [4.69, 9.17) is 9.47 Å². The fourth-order valence-electron chi connectivity index (χ4n) is 3.48. The first-order chi connectivity index (χ1) is 12.7. The molecule has 0 unspecified atom stereocenters. The minimum absolute atomic E-state index is 0.246. The SMILES string of the molecule is CN(CCC(=O)N1CCc2sccc2C1)Cc1ccc2c(c1)OCCO2. The molecule has 0 saturated carbocycles. The molecule has 1 aromatic carbocycles. The molecule has 2 aromatic rings. The third-order valence-corrected chi connectivity index (χ3v) is 5.95. The Morgan fingerprint density at radius 2 is 2.08 bits per heavy atom.